The fraction of sp³-hybridized carbons (Fsp3) is 0.643. The number of rotatable bonds is 2. The van der Waals surface area contributed by atoms with Gasteiger partial charge in [0.25, 0.3) is 5.91 Å². The van der Waals surface area contributed by atoms with Crippen LogP contribution in [0.4, 0.5) is 5.82 Å². The number of hydrogen-bond acceptors (Lipinski definition) is 4. The van der Waals surface area contributed by atoms with Crippen LogP contribution in [-0.2, 0) is 7.05 Å². The molecule has 0 bridgehead atoms. The Bertz CT molecular complexity index is 585. The topological polar surface area (TPSA) is 111 Å². The van der Waals surface area contributed by atoms with Crippen molar-refractivity contribution in [1.82, 2.24) is 9.78 Å². The quantitative estimate of drug-likeness (QED) is 0.841. The average molecular weight is 273 g/mol. The van der Waals surface area contributed by atoms with Crippen molar-refractivity contribution in [1.29, 1.82) is 5.26 Å². The van der Waals surface area contributed by atoms with E-state index >= 15 is 0 Å². The molecule has 6 nitrogen and oxygen atoms in total. The molecule has 1 amide bonds. The molecule has 0 aromatic carbocycles. The van der Waals surface area contributed by atoms with E-state index in [1.807, 2.05) is 0 Å². The highest BCUT2D eigenvalue weighted by Gasteiger charge is 2.44. The number of carbonyl (C=O) groups is 1. The van der Waals surface area contributed by atoms with Crippen molar-refractivity contribution in [3.8, 4) is 6.07 Å². The van der Waals surface area contributed by atoms with Gasteiger partial charge < -0.3 is 11.5 Å². The second-order valence-corrected chi connectivity index (χ2v) is 6.12. The molecule has 20 heavy (non-hydrogen) atoms. The number of hydrogen-bond donors (Lipinski definition) is 2. The molecule has 0 radical (unpaired) electrons. The van der Waals surface area contributed by atoms with Gasteiger partial charge in [0.15, 0.2) is 0 Å². The maximum atomic E-state index is 11.6. The van der Waals surface area contributed by atoms with Crippen molar-refractivity contribution >= 4 is 11.7 Å². The molecule has 3 rings (SSSR count). The number of aryl methyl sites for hydroxylation is 1. The van der Waals surface area contributed by atoms with E-state index in [-0.39, 0.29) is 11.8 Å². The van der Waals surface area contributed by atoms with E-state index in [2.05, 4.69) is 11.2 Å². The summed E-state index contributed by atoms with van der Waals surface area (Å²) in [4.78, 5) is 11.6. The van der Waals surface area contributed by atoms with E-state index in [4.69, 9.17) is 16.7 Å². The fourth-order valence-corrected chi connectivity index (χ4v) is 4.04. The van der Waals surface area contributed by atoms with E-state index in [1.165, 1.54) is 4.68 Å². The molecule has 1 aromatic rings. The second kappa shape index (κ2) is 4.51. The zero-order chi connectivity index (χ0) is 14.4. The maximum absolute atomic E-state index is 11.6. The zero-order valence-corrected chi connectivity index (χ0v) is 11.5. The van der Waals surface area contributed by atoms with Crippen LogP contribution in [0.25, 0.3) is 0 Å². The summed E-state index contributed by atoms with van der Waals surface area (Å²) in [5.41, 5.74) is 12.5. The highest BCUT2D eigenvalue weighted by atomic mass is 16.1. The molecule has 1 aromatic heterocycles. The van der Waals surface area contributed by atoms with Gasteiger partial charge >= 0.3 is 0 Å². The van der Waals surface area contributed by atoms with Crippen LogP contribution in [0.2, 0.25) is 0 Å². The number of nitriles is 1. The molecule has 0 spiro atoms. The minimum absolute atomic E-state index is 0.204. The normalized spacial score (nSPS) is 32.0. The Balaban J connectivity index is 1.85. The summed E-state index contributed by atoms with van der Waals surface area (Å²) in [5, 5.41) is 13.4. The highest BCUT2D eigenvalue weighted by Crippen LogP contribution is 2.52. The van der Waals surface area contributed by atoms with Crippen LogP contribution < -0.4 is 11.5 Å². The molecule has 1 heterocycles. The van der Waals surface area contributed by atoms with Gasteiger partial charge in [-0.25, -0.2) is 0 Å². The Morgan fingerprint density at radius 1 is 1.35 bits per heavy atom. The molecule has 106 valence electrons. The Morgan fingerprint density at radius 3 is 2.45 bits per heavy atom. The number of anilines is 1. The number of amides is 1. The van der Waals surface area contributed by atoms with Crippen LogP contribution in [-0.4, -0.2) is 15.7 Å². The van der Waals surface area contributed by atoms with Gasteiger partial charge in [-0.05, 0) is 37.5 Å². The summed E-state index contributed by atoms with van der Waals surface area (Å²) >= 11 is 0. The van der Waals surface area contributed by atoms with E-state index in [0.717, 1.165) is 31.4 Å². The predicted molar refractivity (Wildman–Crippen MR) is 73.4 cm³/mol. The van der Waals surface area contributed by atoms with Crippen molar-refractivity contribution in [3.05, 3.63) is 11.3 Å². The Morgan fingerprint density at radius 2 is 1.95 bits per heavy atom. The Hall–Kier alpha value is -2.03. The SMILES string of the molecule is Cn1nc(C2CC3CC(C#N)CC3C2)c(C(N)=O)c1N. The zero-order valence-electron chi connectivity index (χ0n) is 11.5. The molecule has 2 atom stereocenters. The second-order valence-electron chi connectivity index (χ2n) is 6.12. The molecule has 6 heteroatoms. The van der Waals surface area contributed by atoms with Gasteiger partial charge in [-0.1, -0.05) is 0 Å². The summed E-state index contributed by atoms with van der Waals surface area (Å²) in [6.45, 7) is 0. The largest absolute Gasteiger partial charge is 0.383 e. The van der Waals surface area contributed by atoms with Crippen molar-refractivity contribution < 1.29 is 4.79 Å². The highest BCUT2D eigenvalue weighted by molar-refractivity contribution is 5.98. The first kappa shape index (κ1) is 13.0. The lowest BCUT2D eigenvalue weighted by Gasteiger charge is -2.10. The number of nitrogens with zero attached hydrogens (tertiary/aromatic N) is 3. The average Bonchev–Trinajstić information content (AvgIpc) is 3.01. The van der Waals surface area contributed by atoms with E-state index < -0.39 is 5.91 Å². The molecular weight excluding hydrogens is 254 g/mol. The van der Waals surface area contributed by atoms with Crippen LogP contribution in [0.5, 0.6) is 0 Å². The molecule has 2 saturated carbocycles. The van der Waals surface area contributed by atoms with Crippen LogP contribution in [0.1, 0.15) is 47.7 Å². The molecule has 2 aliphatic rings. The Kier molecular flexibility index (Phi) is 2.93. The van der Waals surface area contributed by atoms with E-state index in [9.17, 15) is 4.79 Å². The maximum Gasteiger partial charge on any atom is 0.254 e. The van der Waals surface area contributed by atoms with Gasteiger partial charge in [-0.15, -0.1) is 0 Å². The van der Waals surface area contributed by atoms with Crippen LogP contribution in [0.15, 0.2) is 0 Å². The van der Waals surface area contributed by atoms with Gasteiger partial charge in [-0.2, -0.15) is 10.4 Å². The molecule has 2 fully saturated rings. The van der Waals surface area contributed by atoms with Crippen molar-refractivity contribution in [3.63, 3.8) is 0 Å². The van der Waals surface area contributed by atoms with E-state index in [1.54, 1.807) is 7.05 Å². The number of fused-ring (bicyclic) bond motifs is 1. The van der Waals surface area contributed by atoms with Crippen molar-refractivity contribution in [2.75, 3.05) is 5.73 Å². The fourth-order valence-electron chi connectivity index (χ4n) is 4.04. The minimum Gasteiger partial charge on any atom is -0.383 e. The van der Waals surface area contributed by atoms with Gasteiger partial charge in [0.05, 0.1) is 11.8 Å². The first-order valence-electron chi connectivity index (χ1n) is 7.03. The van der Waals surface area contributed by atoms with Gasteiger partial charge in [0.2, 0.25) is 0 Å². The molecular formula is C14H19N5O. The standard InChI is InChI=1S/C14H19N5O/c1-19-13(16)11(14(17)20)12(18-19)10-4-8-2-7(6-15)3-9(8)5-10/h7-10H,2-5,16H2,1H3,(H2,17,20). The third-order valence-corrected chi connectivity index (χ3v) is 4.95. The predicted octanol–water partition coefficient (Wildman–Crippen LogP) is 1.14. The first-order chi connectivity index (χ1) is 9.51. The van der Waals surface area contributed by atoms with Crippen LogP contribution >= 0.6 is 0 Å². The molecule has 4 N–H and O–H groups in total. The number of primary amides is 1. The summed E-state index contributed by atoms with van der Waals surface area (Å²) in [6, 6.07) is 2.38. The van der Waals surface area contributed by atoms with Crippen LogP contribution in [0.3, 0.4) is 0 Å². The molecule has 0 aliphatic heterocycles. The lowest BCUT2D eigenvalue weighted by molar-refractivity contribution is 0.0999. The lowest BCUT2D eigenvalue weighted by atomic mass is 9.94. The molecule has 2 aliphatic carbocycles. The number of aromatic nitrogens is 2. The lowest BCUT2D eigenvalue weighted by Crippen LogP contribution is -2.16. The number of carbonyl (C=O) groups excluding carboxylic acids is 1. The summed E-state index contributed by atoms with van der Waals surface area (Å²) < 4.78 is 1.53. The van der Waals surface area contributed by atoms with Crippen LogP contribution in [0, 0.1) is 29.1 Å². The first-order valence-corrected chi connectivity index (χ1v) is 7.03. The minimum atomic E-state index is -0.502. The molecule has 0 saturated heterocycles. The molecule has 2 unspecified atom stereocenters. The van der Waals surface area contributed by atoms with Crippen molar-refractivity contribution in [2.45, 2.75) is 31.6 Å². The van der Waals surface area contributed by atoms with E-state index in [0.29, 0.717) is 23.2 Å². The third-order valence-electron chi connectivity index (χ3n) is 4.95. The van der Waals surface area contributed by atoms with Gasteiger partial charge in [-0.3, -0.25) is 9.48 Å². The van der Waals surface area contributed by atoms with Crippen molar-refractivity contribution in [2.24, 2.45) is 30.5 Å². The Labute approximate surface area is 117 Å². The smallest absolute Gasteiger partial charge is 0.254 e. The summed E-state index contributed by atoms with van der Waals surface area (Å²) in [7, 11) is 1.73. The third kappa shape index (κ3) is 1.85. The summed E-state index contributed by atoms with van der Waals surface area (Å²) in [6.07, 6.45) is 3.93. The monoisotopic (exact) mass is 273 g/mol. The van der Waals surface area contributed by atoms with Gasteiger partial charge in [0, 0.05) is 18.9 Å². The summed E-state index contributed by atoms with van der Waals surface area (Å²) in [5.74, 6) is 1.45. The number of nitrogen functional groups attached to an aromatic ring is 1. The van der Waals surface area contributed by atoms with Gasteiger partial charge in [0.1, 0.15) is 11.4 Å². The number of nitrogens with two attached hydrogens (primary N) is 2.